The first kappa shape index (κ1) is 15.2. The number of halogens is 1. The molecule has 5 nitrogen and oxygen atoms in total. The van der Waals surface area contributed by atoms with Crippen molar-refractivity contribution in [3.8, 4) is 5.75 Å². The molecule has 0 unspecified atom stereocenters. The summed E-state index contributed by atoms with van der Waals surface area (Å²) in [7, 11) is 0. The second-order valence-corrected chi connectivity index (χ2v) is 4.69. The molecule has 0 aliphatic heterocycles. The van der Waals surface area contributed by atoms with Crippen LogP contribution < -0.4 is 15.4 Å². The summed E-state index contributed by atoms with van der Waals surface area (Å²) in [5, 5.41) is 14.3. The first-order valence-electron chi connectivity index (χ1n) is 5.96. The summed E-state index contributed by atoms with van der Waals surface area (Å²) < 4.78 is 17.1. The summed E-state index contributed by atoms with van der Waals surface area (Å²) in [6, 6.07) is 6.23. The van der Waals surface area contributed by atoms with Crippen LogP contribution in [-0.4, -0.2) is 36.6 Å². The van der Waals surface area contributed by atoms with Crippen LogP contribution in [0.2, 0.25) is 0 Å². The summed E-state index contributed by atoms with van der Waals surface area (Å²) in [5.41, 5.74) is -0.172. The van der Waals surface area contributed by atoms with Crippen LogP contribution in [0.1, 0.15) is 13.8 Å². The van der Waals surface area contributed by atoms with Gasteiger partial charge in [0.05, 0.1) is 12.1 Å². The maximum absolute atomic E-state index is 12.0. The fraction of sp³-hybridized carbons (Fsp3) is 0.462. The molecule has 0 aliphatic rings. The van der Waals surface area contributed by atoms with Gasteiger partial charge in [-0.15, -0.1) is 0 Å². The van der Waals surface area contributed by atoms with Gasteiger partial charge in [0.15, 0.2) is 0 Å². The lowest BCUT2D eigenvalue weighted by molar-refractivity contribution is 0.187. The smallest absolute Gasteiger partial charge is 0.319 e. The first-order chi connectivity index (χ1) is 8.96. The van der Waals surface area contributed by atoms with Crippen molar-refractivity contribution in [3.63, 3.8) is 0 Å². The Kier molecular flexibility index (Phi) is 5.57. The highest BCUT2D eigenvalue weighted by Crippen LogP contribution is 2.17. The van der Waals surface area contributed by atoms with E-state index in [0.717, 1.165) is 0 Å². The van der Waals surface area contributed by atoms with Gasteiger partial charge >= 0.3 is 6.03 Å². The number of carbonyl (C=O) groups is 1. The van der Waals surface area contributed by atoms with Crippen molar-refractivity contribution in [1.82, 2.24) is 5.32 Å². The minimum absolute atomic E-state index is 0.0206. The van der Waals surface area contributed by atoms with Crippen LogP contribution in [0.3, 0.4) is 0 Å². The van der Waals surface area contributed by atoms with Crippen molar-refractivity contribution in [1.29, 1.82) is 0 Å². The fourth-order valence-electron chi connectivity index (χ4n) is 1.33. The number of ether oxygens (including phenoxy) is 1. The molecule has 0 radical (unpaired) electrons. The van der Waals surface area contributed by atoms with Crippen molar-refractivity contribution in [2.24, 2.45) is 0 Å². The van der Waals surface area contributed by atoms with Gasteiger partial charge in [-0.05, 0) is 26.0 Å². The van der Waals surface area contributed by atoms with Crippen LogP contribution in [0.25, 0.3) is 0 Å². The predicted molar refractivity (Wildman–Crippen MR) is 71.2 cm³/mol. The third-order valence-corrected chi connectivity index (χ3v) is 2.28. The maximum atomic E-state index is 12.0. The standard InChI is InChI=1S/C13H19FN2O3/c1-13(2,9-17)16-12(18)15-10-4-3-5-11(8-10)19-7-6-14/h3-5,8,17H,6-7,9H2,1-2H3,(H2,15,16,18). The van der Waals surface area contributed by atoms with Crippen LogP contribution in [0, 0.1) is 0 Å². The molecule has 0 fully saturated rings. The van der Waals surface area contributed by atoms with Gasteiger partial charge in [0, 0.05) is 11.8 Å². The molecule has 3 N–H and O–H groups in total. The third kappa shape index (κ3) is 5.56. The second-order valence-electron chi connectivity index (χ2n) is 4.69. The molecule has 0 bridgehead atoms. The van der Waals surface area contributed by atoms with Gasteiger partial charge in [-0.2, -0.15) is 0 Å². The molecule has 1 rings (SSSR count). The highest BCUT2D eigenvalue weighted by molar-refractivity contribution is 5.89. The highest BCUT2D eigenvalue weighted by atomic mass is 19.1. The van der Waals surface area contributed by atoms with E-state index < -0.39 is 18.2 Å². The molecule has 0 atom stereocenters. The Balaban J connectivity index is 2.59. The molecule has 6 heteroatoms. The Hall–Kier alpha value is -1.82. The van der Waals surface area contributed by atoms with Crippen LogP contribution in [0.15, 0.2) is 24.3 Å². The number of benzene rings is 1. The number of aliphatic hydroxyl groups is 1. The van der Waals surface area contributed by atoms with E-state index in [1.54, 1.807) is 38.1 Å². The number of hydrogen-bond donors (Lipinski definition) is 3. The lowest BCUT2D eigenvalue weighted by Crippen LogP contribution is -2.48. The molecule has 0 aromatic heterocycles. The number of alkyl halides is 1. The molecule has 1 aromatic rings. The quantitative estimate of drug-likeness (QED) is 0.739. The number of urea groups is 1. The Morgan fingerprint density at radius 2 is 2.21 bits per heavy atom. The van der Waals surface area contributed by atoms with Crippen molar-refractivity contribution in [2.45, 2.75) is 19.4 Å². The number of nitrogens with one attached hydrogen (secondary N) is 2. The van der Waals surface area contributed by atoms with Gasteiger partial charge in [-0.1, -0.05) is 6.07 Å². The largest absolute Gasteiger partial charge is 0.491 e. The third-order valence-electron chi connectivity index (χ3n) is 2.28. The number of anilines is 1. The molecular weight excluding hydrogens is 251 g/mol. The SMILES string of the molecule is CC(C)(CO)NC(=O)Nc1cccc(OCCF)c1. The van der Waals surface area contributed by atoms with Gasteiger partial charge in [0.2, 0.25) is 0 Å². The number of hydrogen-bond acceptors (Lipinski definition) is 3. The molecular formula is C13H19FN2O3. The highest BCUT2D eigenvalue weighted by Gasteiger charge is 2.18. The maximum Gasteiger partial charge on any atom is 0.319 e. The lowest BCUT2D eigenvalue weighted by Gasteiger charge is -2.23. The Morgan fingerprint density at radius 1 is 1.47 bits per heavy atom. The molecule has 0 saturated heterocycles. The van der Waals surface area contributed by atoms with E-state index >= 15 is 0 Å². The van der Waals surface area contributed by atoms with E-state index in [-0.39, 0.29) is 13.2 Å². The first-order valence-corrected chi connectivity index (χ1v) is 5.96. The molecule has 0 heterocycles. The molecule has 106 valence electrons. The van der Waals surface area contributed by atoms with E-state index in [1.807, 2.05) is 0 Å². The monoisotopic (exact) mass is 270 g/mol. The van der Waals surface area contributed by atoms with E-state index in [9.17, 15) is 9.18 Å². The summed E-state index contributed by atoms with van der Waals surface area (Å²) in [6.45, 7) is 2.65. The molecule has 0 spiro atoms. The fourth-order valence-corrected chi connectivity index (χ4v) is 1.33. The van der Waals surface area contributed by atoms with Crippen LogP contribution in [0.4, 0.5) is 14.9 Å². The van der Waals surface area contributed by atoms with Gasteiger partial charge < -0.3 is 20.5 Å². The molecule has 1 aromatic carbocycles. The predicted octanol–water partition coefficient (Wildman–Crippen LogP) is 1.93. The van der Waals surface area contributed by atoms with Gasteiger partial charge in [0.1, 0.15) is 19.0 Å². The van der Waals surface area contributed by atoms with Crippen molar-refractivity contribution < 1.29 is 19.0 Å². The molecule has 0 saturated carbocycles. The average Bonchev–Trinajstić information content (AvgIpc) is 2.36. The number of carbonyl (C=O) groups excluding carboxylic acids is 1. The Bertz CT molecular complexity index is 424. The minimum atomic E-state index is -0.702. The van der Waals surface area contributed by atoms with E-state index in [1.165, 1.54) is 0 Å². The molecule has 0 aliphatic carbocycles. The number of aliphatic hydroxyl groups excluding tert-OH is 1. The van der Waals surface area contributed by atoms with Crippen molar-refractivity contribution in [3.05, 3.63) is 24.3 Å². The summed E-state index contributed by atoms with van der Waals surface area (Å²) in [5.74, 6) is 0.483. The number of rotatable bonds is 6. The minimum Gasteiger partial charge on any atom is -0.491 e. The average molecular weight is 270 g/mol. The van der Waals surface area contributed by atoms with Crippen molar-refractivity contribution >= 4 is 11.7 Å². The summed E-state index contributed by atoms with van der Waals surface area (Å²) in [6.07, 6.45) is 0. The topological polar surface area (TPSA) is 70.6 Å². The Morgan fingerprint density at radius 3 is 2.84 bits per heavy atom. The van der Waals surface area contributed by atoms with Gasteiger partial charge in [0.25, 0.3) is 0 Å². The van der Waals surface area contributed by atoms with Crippen LogP contribution >= 0.6 is 0 Å². The number of amides is 2. The summed E-state index contributed by atoms with van der Waals surface area (Å²) in [4.78, 5) is 11.7. The van der Waals surface area contributed by atoms with Gasteiger partial charge in [-0.25, -0.2) is 9.18 Å². The second kappa shape index (κ2) is 6.94. The van der Waals surface area contributed by atoms with Crippen LogP contribution in [-0.2, 0) is 0 Å². The summed E-state index contributed by atoms with van der Waals surface area (Å²) >= 11 is 0. The van der Waals surface area contributed by atoms with Crippen molar-refractivity contribution in [2.75, 3.05) is 25.2 Å². The normalized spacial score (nSPS) is 10.9. The zero-order valence-corrected chi connectivity index (χ0v) is 11.1. The van der Waals surface area contributed by atoms with E-state index in [4.69, 9.17) is 9.84 Å². The molecule has 19 heavy (non-hydrogen) atoms. The Labute approximate surface area is 111 Å². The van der Waals surface area contributed by atoms with Gasteiger partial charge in [-0.3, -0.25) is 0 Å². The van der Waals surface area contributed by atoms with Crippen LogP contribution in [0.5, 0.6) is 5.75 Å². The zero-order valence-electron chi connectivity index (χ0n) is 11.1. The lowest BCUT2D eigenvalue weighted by atomic mass is 10.1. The molecule has 2 amide bonds. The van der Waals surface area contributed by atoms with E-state index in [0.29, 0.717) is 11.4 Å². The zero-order chi connectivity index (χ0) is 14.3. The van der Waals surface area contributed by atoms with E-state index in [2.05, 4.69) is 10.6 Å².